The summed E-state index contributed by atoms with van der Waals surface area (Å²) < 4.78 is 25.2. The summed E-state index contributed by atoms with van der Waals surface area (Å²) in [6, 6.07) is 11.4. The van der Waals surface area contributed by atoms with Crippen molar-refractivity contribution in [2.75, 3.05) is 12.8 Å². The fraction of sp³-hybridized carbons (Fsp3) is 0.333. The van der Waals surface area contributed by atoms with E-state index in [9.17, 15) is 13.2 Å². The lowest BCUT2D eigenvalue weighted by molar-refractivity contribution is -0.121. The first-order valence-electron chi connectivity index (χ1n) is 8.01. The minimum absolute atomic E-state index is 0.115. The lowest BCUT2D eigenvalue weighted by Gasteiger charge is -2.19. The minimum atomic E-state index is -3.40. The number of pyridine rings is 1. The summed E-state index contributed by atoms with van der Waals surface area (Å²) in [7, 11) is -3.40. The van der Waals surface area contributed by atoms with Gasteiger partial charge in [-0.15, -0.1) is 0 Å². The van der Waals surface area contributed by atoms with Crippen molar-refractivity contribution in [3.8, 4) is 0 Å². The molecule has 25 heavy (non-hydrogen) atoms. The Kier molecular flexibility index (Phi) is 6.66. The standard InChI is InChI=1S/C18H23N3O3S/c1-15-4-3-5-17(12-15)13-20-18(22)8-11-21(25(2,23)24)14-16-6-9-19-10-7-16/h3-7,9-10,12H,8,11,13-14H2,1-2H3,(H,20,22). The maximum Gasteiger partial charge on any atom is 0.221 e. The molecule has 0 atom stereocenters. The Labute approximate surface area is 148 Å². The smallest absolute Gasteiger partial charge is 0.221 e. The number of nitrogens with one attached hydrogen (secondary N) is 1. The summed E-state index contributed by atoms with van der Waals surface area (Å²) in [5, 5.41) is 2.83. The van der Waals surface area contributed by atoms with Gasteiger partial charge in [0.1, 0.15) is 0 Å². The van der Waals surface area contributed by atoms with Crippen LogP contribution in [0.5, 0.6) is 0 Å². The molecule has 2 rings (SSSR count). The number of carbonyl (C=O) groups excluding carboxylic acids is 1. The van der Waals surface area contributed by atoms with E-state index in [4.69, 9.17) is 0 Å². The highest BCUT2D eigenvalue weighted by Crippen LogP contribution is 2.09. The zero-order valence-electron chi connectivity index (χ0n) is 14.5. The molecule has 0 aliphatic heterocycles. The van der Waals surface area contributed by atoms with Crippen LogP contribution in [0.4, 0.5) is 0 Å². The molecule has 0 spiro atoms. The number of aryl methyl sites for hydroxylation is 1. The summed E-state index contributed by atoms with van der Waals surface area (Å²) in [5.41, 5.74) is 2.98. The van der Waals surface area contributed by atoms with E-state index in [1.807, 2.05) is 31.2 Å². The van der Waals surface area contributed by atoms with Gasteiger partial charge in [-0.25, -0.2) is 8.42 Å². The number of hydrogen-bond donors (Lipinski definition) is 1. The molecule has 1 aromatic carbocycles. The molecular weight excluding hydrogens is 338 g/mol. The average Bonchev–Trinajstić information content (AvgIpc) is 2.56. The van der Waals surface area contributed by atoms with Gasteiger partial charge in [0.25, 0.3) is 0 Å². The predicted molar refractivity (Wildman–Crippen MR) is 97.1 cm³/mol. The van der Waals surface area contributed by atoms with Crippen LogP contribution in [0.1, 0.15) is 23.1 Å². The molecule has 1 aromatic heterocycles. The van der Waals surface area contributed by atoms with Crippen molar-refractivity contribution in [2.24, 2.45) is 0 Å². The molecular formula is C18H23N3O3S. The Morgan fingerprint density at radius 1 is 1.16 bits per heavy atom. The minimum Gasteiger partial charge on any atom is -0.352 e. The zero-order chi connectivity index (χ0) is 18.3. The topological polar surface area (TPSA) is 79.4 Å². The van der Waals surface area contributed by atoms with Crippen LogP contribution in [0.2, 0.25) is 0 Å². The van der Waals surface area contributed by atoms with E-state index in [1.54, 1.807) is 24.5 Å². The second-order valence-corrected chi connectivity index (χ2v) is 7.95. The molecule has 0 radical (unpaired) electrons. The van der Waals surface area contributed by atoms with Crippen LogP contribution in [-0.2, 0) is 27.9 Å². The molecule has 0 saturated carbocycles. The summed E-state index contributed by atoms with van der Waals surface area (Å²) in [6.45, 7) is 2.80. The molecule has 1 N–H and O–H groups in total. The van der Waals surface area contributed by atoms with Gasteiger partial charge in [0, 0.05) is 38.4 Å². The molecule has 134 valence electrons. The van der Waals surface area contributed by atoms with Crippen LogP contribution >= 0.6 is 0 Å². The number of hydrogen-bond acceptors (Lipinski definition) is 4. The highest BCUT2D eigenvalue weighted by atomic mass is 32.2. The second-order valence-electron chi connectivity index (χ2n) is 5.97. The van der Waals surface area contributed by atoms with E-state index in [2.05, 4.69) is 10.3 Å². The van der Waals surface area contributed by atoms with E-state index < -0.39 is 10.0 Å². The summed E-state index contributed by atoms with van der Waals surface area (Å²) >= 11 is 0. The Balaban J connectivity index is 1.88. The normalized spacial score (nSPS) is 11.5. The summed E-state index contributed by atoms with van der Waals surface area (Å²) in [5.74, 6) is -0.176. The van der Waals surface area contributed by atoms with E-state index in [1.165, 1.54) is 4.31 Å². The van der Waals surface area contributed by atoms with E-state index in [-0.39, 0.29) is 25.4 Å². The maximum absolute atomic E-state index is 12.0. The quantitative estimate of drug-likeness (QED) is 0.778. The fourth-order valence-corrected chi connectivity index (χ4v) is 3.20. The van der Waals surface area contributed by atoms with Gasteiger partial charge in [-0.05, 0) is 30.2 Å². The van der Waals surface area contributed by atoms with Gasteiger partial charge in [0.2, 0.25) is 15.9 Å². The van der Waals surface area contributed by atoms with Crippen LogP contribution in [-0.4, -0.2) is 36.4 Å². The largest absolute Gasteiger partial charge is 0.352 e. The Morgan fingerprint density at radius 2 is 1.88 bits per heavy atom. The third-order valence-electron chi connectivity index (χ3n) is 3.74. The molecule has 7 heteroatoms. The van der Waals surface area contributed by atoms with Gasteiger partial charge in [-0.2, -0.15) is 4.31 Å². The molecule has 0 saturated heterocycles. The van der Waals surface area contributed by atoms with Crippen molar-refractivity contribution >= 4 is 15.9 Å². The number of sulfonamides is 1. The van der Waals surface area contributed by atoms with E-state index >= 15 is 0 Å². The van der Waals surface area contributed by atoms with Crippen molar-refractivity contribution in [3.63, 3.8) is 0 Å². The van der Waals surface area contributed by atoms with Crippen LogP contribution < -0.4 is 5.32 Å². The second kappa shape index (κ2) is 8.73. The van der Waals surface area contributed by atoms with Crippen molar-refractivity contribution < 1.29 is 13.2 Å². The molecule has 0 aliphatic carbocycles. The van der Waals surface area contributed by atoms with Crippen LogP contribution in [0.15, 0.2) is 48.8 Å². The van der Waals surface area contributed by atoms with Gasteiger partial charge >= 0.3 is 0 Å². The average molecular weight is 361 g/mol. The lowest BCUT2D eigenvalue weighted by Crippen LogP contribution is -2.34. The van der Waals surface area contributed by atoms with Crippen LogP contribution in [0, 0.1) is 6.92 Å². The van der Waals surface area contributed by atoms with Gasteiger partial charge < -0.3 is 5.32 Å². The molecule has 0 fully saturated rings. The Bertz CT molecular complexity index is 807. The molecule has 6 nitrogen and oxygen atoms in total. The summed E-state index contributed by atoms with van der Waals surface area (Å²) in [4.78, 5) is 16.0. The number of rotatable bonds is 8. The molecule has 0 unspecified atom stereocenters. The molecule has 2 aromatic rings. The first kappa shape index (κ1) is 19.1. The number of carbonyl (C=O) groups is 1. The van der Waals surface area contributed by atoms with Crippen LogP contribution in [0.25, 0.3) is 0 Å². The van der Waals surface area contributed by atoms with Crippen molar-refractivity contribution in [1.82, 2.24) is 14.6 Å². The number of benzene rings is 1. The van der Waals surface area contributed by atoms with E-state index in [0.29, 0.717) is 6.54 Å². The fourth-order valence-electron chi connectivity index (χ4n) is 2.39. The van der Waals surface area contributed by atoms with Gasteiger partial charge in [0.05, 0.1) is 6.26 Å². The third-order valence-corrected chi connectivity index (χ3v) is 4.99. The lowest BCUT2D eigenvalue weighted by atomic mass is 10.1. The Hall–Kier alpha value is -2.25. The number of amides is 1. The monoisotopic (exact) mass is 361 g/mol. The summed E-state index contributed by atoms with van der Waals surface area (Å²) in [6.07, 6.45) is 4.50. The first-order chi connectivity index (χ1) is 11.8. The third kappa shape index (κ3) is 6.64. The molecule has 1 amide bonds. The number of nitrogens with zero attached hydrogens (tertiary/aromatic N) is 2. The van der Waals surface area contributed by atoms with Crippen molar-refractivity contribution in [1.29, 1.82) is 0 Å². The highest BCUT2D eigenvalue weighted by Gasteiger charge is 2.18. The first-order valence-corrected chi connectivity index (χ1v) is 9.86. The van der Waals surface area contributed by atoms with Gasteiger partial charge in [-0.1, -0.05) is 29.8 Å². The zero-order valence-corrected chi connectivity index (χ0v) is 15.3. The molecule has 0 aliphatic rings. The van der Waals surface area contributed by atoms with Gasteiger partial charge in [-0.3, -0.25) is 9.78 Å². The maximum atomic E-state index is 12.0. The van der Waals surface area contributed by atoms with E-state index in [0.717, 1.165) is 22.9 Å². The predicted octanol–water partition coefficient (Wildman–Crippen LogP) is 1.86. The van der Waals surface area contributed by atoms with Crippen molar-refractivity contribution in [3.05, 3.63) is 65.5 Å². The van der Waals surface area contributed by atoms with Crippen LogP contribution in [0.3, 0.4) is 0 Å². The highest BCUT2D eigenvalue weighted by molar-refractivity contribution is 7.88. The SMILES string of the molecule is Cc1cccc(CNC(=O)CCN(Cc2ccncc2)S(C)(=O)=O)c1. The molecule has 1 heterocycles. The van der Waals surface area contributed by atoms with Crippen molar-refractivity contribution in [2.45, 2.75) is 26.4 Å². The van der Waals surface area contributed by atoms with Gasteiger partial charge in [0.15, 0.2) is 0 Å². The number of aromatic nitrogens is 1. The molecule has 0 bridgehead atoms. The Morgan fingerprint density at radius 3 is 2.52 bits per heavy atom.